The standard InChI is InChI=1S/C20H34O4/c1-2-3-4-5-6-8-12-17-14-11-15-18(17)13-9-7-10-16-20(23,24)19(21)22/h7-8,10,12,17-18,23-24H,2-6,9,11,13-16H2,1H3,(H,21,22)/t17-,18-/m0/s1. The van der Waals surface area contributed by atoms with E-state index in [0.717, 1.165) is 12.8 Å². The Labute approximate surface area is 146 Å². The van der Waals surface area contributed by atoms with E-state index in [4.69, 9.17) is 5.11 Å². The van der Waals surface area contributed by atoms with Crippen LogP contribution in [0.2, 0.25) is 0 Å². The Morgan fingerprint density at radius 1 is 1.08 bits per heavy atom. The first-order valence-electron chi connectivity index (χ1n) is 9.47. The molecule has 0 radical (unpaired) electrons. The average molecular weight is 338 g/mol. The van der Waals surface area contributed by atoms with Crippen molar-refractivity contribution >= 4 is 5.97 Å². The van der Waals surface area contributed by atoms with Crippen molar-refractivity contribution in [3.8, 4) is 0 Å². The van der Waals surface area contributed by atoms with Crippen molar-refractivity contribution < 1.29 is 20.1 Å². The SMILES string of the molecule is CCCCCCC=C[C@H]1CCC[C@@H]1CCC=CCC(O)(O)C(=O)O. The molecule has 2 atom stereocenters. The van der Waals surface area contributed by atoms with Gasteiger partial charge in [0.2, 0.25) is 0 Å². The number of aliphatic hydroxyl groups is 2. The van der Waals surface area contributed by atoms with Gasteiger partial charge in [0.25, 0.3) is 5.79 Å². The van der Waals surface area contributed by atoms with Crippen LogP contribution in [0.4, 0.5) is 0 Å². The first kappa shape index (κ1) is 20.9. The third-order valence-corrected chi connectivity index (χ3v) is 4.94. The number of rotatable bonds is 12. The second-order valence-electron chi connectivity index (χ2n) is 7.01. The molecule has 0 aromatic rings. The van der Waals surface area contributed by atoms with Gasteiger partial charge in [0.1, 0.15) is 0 Å². The number of hydrogen-bond acceptors (Lipinski definition) is 3. The first-order valence-corrected chi connectivity index (χ1v) is 9.47. The Balaban J connectivity index is 2.24. The molecule has 0 amide bonds. The molecular formula is C20H34O4. The van der Waals surface area contributed by atoms with Gasteiger partial charge in [-0.05, 0) is 50.4 Å². The molecule has 1 rings (SSSR count). The molecule has 0 saturated heterocycles. The monoisotopic (exact) mass is 338 g/mol. The van der Waals surface area contributed by atoms with E-state index in [9.17, 15) is 15.0 Å². The summed E-state index contributed by atoms with van der Waals surface area (Å²) in [5.41, 5.74) is 0. The quantitative estimate of drug-likeness (QED) is 0.280. The molecule has 0 spiro atoms. The van der Waals surface area contributed by atoms with Gasteiger partial charge in [-0.15, -0.1) is 0 Å². The van der Waals surface area contributed by atoms with Gasteiger partial charge in [-0.2, -0.15) is 0 Å². The van der Waals surface area contributed by atoms with E-state index in [1.54, 1.807) is 6.08 Å². The van der Waals surface area contributed by atoms with Gasteiger partial charge in [0.05, 0.1) is 0 Å². The number of carboxylic acid groups (broad SMARTS) is 1. The summed E-state index contributed by atoms with van der Waals surface area (Å²) in [5, 5.41) is 27.0. The minimum atomic E-state index is -2.65. The Hall–Kier alpha value is -1.13. The van der Waals surface area contributed by atoms with Crippen LogP contribution in [0.5, 0.6) is 0 Å². The van der Waals surface area contributed by atoms with Crippen molar-refractivity contribution in [2.75, 3.05) is 0 Å². The fourth-order valence-corrected chi connectivity index (χ4v) is 3.40. The number of aliphatic carboxylic acids is 1. The molecule has 0 aliphatic heterocycles. The van der Waals surface area contributed by atoms with Crippen molar-refractivity contribution in [2.45, 2.75) is 83.3 Å². The van der Waals surface area contributed by atoms with Crippen molar-refractivity contribution in [2.24, 2.45) is 11.8 Å². The lowest BCUT2D eigenvalue weighted by molar-refractivity contribution is -0.201. The highest BCUT2D eigenvalue weighted by atomic mass is 16.5. The molecule has 1 aliphatic carbocycles. The summed E-state index contributed by atoms with van der Waals surface area (Å²) in [6.45, 7) is 2.23. The van der Waals surface area contributed by atoms with Crippen molar-refractivity contribution in [3.05, 3.63) is 24.3 Å². The molecule has 3 N–H and O–H groups in total. The maximum Gasteiger partial charge on any atom is 0.364 e. The van der Waals surface area contributed by atoms with E-state index < -0.39 is 11.8 Å². The normalized spacial score (nSPS) is 22.0. The van der Waals surface area contributed by atoms with E-state index in [0.29, 0.717) is 11.8 Å². The summed E-state index contributed by atoms with van der Waals surface area (Å²) in [6.07, 6.45) is 20.1. The Morgan fingerprint density at radius 2 is 1.88 bits per heavy atom. The fourth-order valence-electron chi connectivity index (χ4n) is 3.40. The smallest absolute Gasteiger partial charge is 0.364 e. The third-order valence-electron chi connectivity index (χ3n) is 4.94. The molecule has 1 aliphatic rings. The van der Waals surface area contributed by atoms with Gasteiger partial charge in [0, 0.05) is 6.42 Å². The van der Waals surface area contributed by atoms with Gasteiger partial charge in [-0.3, -0.25) is 0 Å². The number of allylic oxidation sites excluding steroid dienone is 3. The Bertz CT molecular complexity index is 412. The van der Waals surface area contributed by atoms with Gasteiger partial charge in [0.15, 0.2) is 0 Å². The van der Waals surface area contributed by atoms with Crippen molar-refractivity contribution in [1.29, 1.82) is 0 Å². The minimum absolute atomic E-state index is 0.270. The van der Waals surface area contributed by atoms with Gasteiger partial charge >= 0.3 is 5.97 Å². The summed E-state index contributed by atoms with van der Waals surface area (Å²) in [5.74, 6) is -2.87. The molecule has 1 fully saturated rings. The maximum absolute atomic E-state index is 10.6. The predicted octanol–water partition coefficient (Wildman–Crippen LogP) is 4.42. The average Bonchev–Trinajstić information content (AvgIpc) is 2.97. The lowest BCUT2D eigenvalue weighted by Gasteiger charge is -2.15. The molecule has 0 bridgehead atoms. The molecular weight excluding hydrogens is 304 g/mol. The lowest BCUT2D eigenvalue weighted by atomic mass is 9.91. The lowest BCUT2D eigenvalue weighted by Crippen LogP contribution is -2.37. The molecule has 0 unspecified atom stereocenters. The summed E-state index contributed by atoms with van der Waals surface area (Å²) >= 11 is 0. The molecule has 0 aromatic heterocycles. The predicted molar refractivity (Wildman–Crippen MR) is 96.5 cm³/mol. The molecule has 0 heterocycles. The van der Waals surface area contributed by atoms with Crippen LogP contribution in [0, 0.1) is 11.8 Å². The van der Waals surface area contributed by atoms with Crippen LogP contribution in [-0.2, 0) is 4.79 Å². The highest BCUT2D eigenvalue weighted by Gasteiger charge is 2.31. The van der Waals surface area contributed by atoms with Gasteiger partial charge < -0.3 is 15.3 Å². The van der Waals surface area contributed by atoms with E-state index in [2.05, 4.69) is 19.1 Å². The third kappa shape index (κ3) is 8.11. The van der Waals surface area contributed by atoms with Crippen LogP contribution in [0.25, 0.3) is 0 Å². The molecule has 138 valence electrons. The highest BCUT2D eigenvalue weighted by Crippen LogP contribution is 2.36. The van der Waals surface area contributed by atoms with Crippen LogP contribution in [-0.4, -0.2) is 27.1 Å². The molecule has 0 aromatic carbocycles. The Kier molecular flexibility index (Phi) is 9.96. The van der Waals surface area contributed by atoms with E-state index in [1.165, 1.54) is 51.4 Å². The number of hydrogen-bond donors (Lipinski definition) is 3. The zero-order valence-electron chi connectivity index (χ0n) is 15.0. The molecule has 4 heteroatoms. The minimum Gasteiger partial charge on any atom is -0.477 e. The largest absolute Gasteiger partial charge is 0.477 e. The number of carboxylic acids is 1. The van der Waals surface area contributed by atoms with Gasteiger partial charge in [-0.25, -0.2) is 4.79 Å². The molecule has 24 heavy (non-hydrogen) atoms. The van der Waals surface area contributed by atoms with E-state index >= 15 is 0 Å². The van der Waals surface area contributed by atoms with Crippen LogP contribution in [0.3, 0.4) is 0 Å². The topological polar surface area (TPSA) is 77.8 Å². The highest BCUT2D eigenvalue weighted by molar-refractivity contribution is 5.75. The first-order chi connectivity index (χ1) is 11.5. The van der Waals surface area contributed by atoms with E-state index in [-0.39, 0.29) is 6.42 Å². The fraction of sp³-hybridized carbons (Fsp3) is 0.750. The second kappa shape index (κ2) is 11.4. The van der Waals surface area contributed by atoms with Crippen molar-refractivity contribution in [1.82, 2.24) is 0 Å². The van der Waals surface area contributed by atoms with Crippen LogP contribution in [0.1, 0.15) is 77.6 Å². The summed E-state index contributed by atoms with van der Waals surface area (Å²) < 4.78 is 0. The zero-order valence-corrected chi connectivity index (χ0v) is 15.0. The number of carbonyl (C=O) groups is 1. The van der Waals surface area contributed by atoms with Crippen molar-refractivity contribution in [3.63, 3.8) is 0 Å². The van der Waals surface area contributed by atoms with E-state index in [1.807, 2.05) is 6.08 Å². The number of unbranched alkanes of at least 4 members (excludes halogenated alkanes) is 4. The summed E-state index contributed by atoms with van der Waals surface area (Å²) in [7, 11) is 0. The van der Waals surface area contributed by atoms with Gasteiger partial charge in [-0.1, -0.05) is 56.9 Å². The summed E-state index contributed by atoms with van der Waals surface area (Å²) in [4.78, 5) is 10.6. The molecule has 4 nitrogen and oxygen atoms in total. The Morgan fingerprint density at radius 3 is 2.58 bits per heavy atom. The summed E-state index contributed by atoms with van der Waals surface area (Å²) in [6, 6.07) is 0. The molecule has 1 saturated carbocycles. The zero-order chi connectivity index (χ0) is 17.8. The van der Waals surface area contributed by atoms with Crippen LogP contribution in [0.15, 0.2) is 24.3 Å². The van der Waals surface area contributed by atoms with Crippen LogP contribution >= 0.6 is 0 Å². The second-order valence-corrected chi connectivity index (χ2v) is 7.01. The maximum atomic E-state index is 10.6. The van der Waals surface area contributed by atoms with Crippen LogP contribution < -0.4 is 0 Å².